The van der Waals surface area contributed by atoms with Crippen molar-refractivity contribution in [2.75, 3.05) is 11.4 Å². The molecule has 40 heavy (non-hydrogen) atoms. The molecule has 12 heteroatoms. The van der Waals surface area contributed by atoms with Crippen molar-refractivity contribution in [3.8, 4) is 5.75 Å². The summed E-state index contributed by atoms with van der Waals surface area (Å²) in [6, 6.07) is 17.5. The van der Waals surface area contributed by atoms with Gasteiger partial charge in [-0.05, 0) is 65.9 Å². The Morgan fingerprint density at radius 1 is 1.10 bits per heavy atom. The molecule has 0 amide bonds. The van der Waals surface area contributed by atoms with Gasteiger partial charge >= 0.3 is 12.8 Å². The molecule has 1 saturated carbocycles. The summed E-state index contributed by atoms with van der Waals surface area (Å²) in [6.45, 7) is 0.614. The predicted molar refractivity (Wildman–Crippen MR) is 146 cm³/mol. The van der Waals surface area contributed by atoms with Gasteiger partial charge in [-0.15, -0.1) is 13.2 Å². The first-order chi connectivity index (χ1) is 19.3. The van der Waals surface area contributed by atoms with Crippen LogP contribution in [0.1, 0.15) is 35.6 Å². The maximum atomic E-state index is 12.6. The first kappa shape index (κ1) is 27.3. The highest BCUT2D eigenvalue weighted by Gasteiger charge is 2.32. The smallest absolute Gasteiger partial charge is 0.406 e. The van der Waals surface area contributed by atoms with Crippen LogP contribution in [0, 0.1) is 0 Å². The van der Waals surface area contributed by atoms with E-state index in [2.05, 4.69) is 31.1 Å². The number of fused-ring (bicyclic) bond motifs is 1. The second kappa shape index (κ2) is 11.8. The summed E-state index contributed by atoms with van der Waals surface area (Å²) in [5, 5.41) is 2.18. The lowest BCUT2D eigenvalue weighted by Crippen LogP contribution is -2.25. The summed E-state index contributed by atoms with van der Waals surface area (Å²) >= 11 is 1.41. The number of hydrogen-bond acceptors (Lipinski definition) is 8. The van der Waals surface area contributed by atoms with Crippen molar-refractivity contribution in [2.24, 2.45) is 4.99 Å². The Labute approximate surface area is 232 Å². The lowest BCUT2D eigenvalue weighted by molar-refractivity contribution is -0.274. The van der Waals surface area contributed by atoms with Crippen molar-refractivity contribution in [3.63, 3.8) is 0 Å². The van der Waals surface area contributed by atoms with Crippen LogP contribution in [0.5, 0.6) is 5.75 Å². The van der Waals surface area contributed by atoms with Gasteiger partial charge in [0.1, 0.15) is 17.3 Å². The van der Waals surface area contributed by atoms with Crippen LogP contribution in [0.3, 0.4) is 0 Å². The number of aliphatic imine (C=N–C) groups is 1. The maximum Gasteiger partial charge on any atom is 0.573 e. The number of pyridine rings is 2. The first-order valence-corrected chi connectivity index (χ1v) is 13.1. The van der Waals surface area contributed by atoms with Crippen LogP contribution in [0.15, 0.2) is 82.9 Å². The second-order valence-corrected chi connectivity index (χ2v) is 10.0. The molecule has 0 atom stereocenters. The molecule has 1 aliphatic rings. The predicted octanol–water partition coefficient (Wildman–Crippen LogP) is 6.17. The average molecular weight is 568 g/mol. The largest absolute Gasteiger partial charge is 0.573 e. The Morgan fingerprint density at radius 2 is 1.88 bits per heavy atom. The zero-order valence-corrected chi connectivity index (χ0v) is 22.1. The molecule has 2 aromatic heterocycles. The number of hydroxylamine groups is 1. The molecule has 0 spiro atoms. The molecule has 2 aromatic carbocycles. The van der Waals surface area contributed by atoms with Crippen LogP contribution >= 0.6 is 11.9 Å². The highest BCUT2D eigenvalue weighted by molar-refractivity contribution is 8.00. The molecule has 1 fully saturated rings. The first-order valence-electron chi connectivity index (χ1n) is 12.3. The number of hydrogen-bond donors (Lipinski definition) is 1. The Hall–Kier alpha value is -4.32. The zero-order chi connectivity index (χ0) is 28.1. The lowest BCUT2D eigenvalue weighted by Gasteiger charge is -2.26. The van der Waals surface area contributed by atoms with Gasteiger partial charge < -0.3 is 9.57 Å². The quantitative estimate of drug-likeness (QED) is 0.0800. The van der Waals surface area contributed by atoms with Gasteiger partial charge in [0.05, 0.1) is 6.54 Å². The Morgan fingerprint density at radius 3 is 2.52 bits per heavy atom. The minimum atomic E-state index is -4.76. The zero-order valence-electron chi connectivity index (χ0n) is 21.3. The number of nitrogens with zero attached hydrogens (tertiary/aromatic N) is 4. The molecule has 4 aromatic rings. The normalized spacial score (nSPS) is 13.7. The average Bonchev–Trinajstić information content (AvgIpc) is 3.79. The van der Waals surface area contributed by atoms with Crippen LogP contribution in [0.4, 0.5) is 19.0 Å². The van der Waals surface area contributed by atoms with Gasteiger partial charge in [0.25, 0.3) is 0 Å². The molecule has 206 valence electrons. The van der Waals surface area contributed by atoms with Crippen LogP contribution in [-0.2, 0) is 16.2 Å². The van der Waals surface area contributed by atoms with Gasteiger partial charge in [0, 0.05) is 35.3 Å². The van der Waals surface area contributed by atoms with E-state index >= 15 is 0 Å². The van der Waals surface area contributed by atoms with E-state index in [0.29, 0.717) is 18.2 Å². The number of ether oxygens (including phenoxy) is 1. The molecule has 1 aliphatic carbocycles. The molecule has 0 bridgehead atoms. The molecule has 8 nitrogen and oxygen atoms in total. The number of amidine groups is 1. The minimum absolute atomic E-state index is 0.253. The highest BCUT2D eigenvalue weighted by Crippen LogP contribution is 2.48. The topological polar surface area (TPSA) is 88.9 Å². The molecule has 0 unspecified atom stereocenters. The van der Waals surface area contributed by atoms with Crippen molar-refractivity contribution < 1.29 is 27.5 Å². The van der Waals surface area contributed by atoms with Crippen LogP contribution in [-0.4, -0.2) is 35.7 Å². The fourth-order valence-electron chi connectivity index (χ4n) is 4.26. The van der Waals surface area contributed by atoms with E-state index in [1.165, 1.54) is 24.1 Å². The van der Waals surface area contributed by atoms with Gasteiger partial charge in [0.2, 0.25) is 0 Å². The van der Waals surface area contributed by atoms with Gasteiger partial charge in [-0.2, -0.15) is 5.48 Å². The fourth-order valence-corrected chi connectivity index (χ4v) is 5.18. The van der Waals surface area contributed by atoms with Crippen molar-refractivity contribution in [3.05, 3.63) is 89.9 Å². The van der Waals surface area contributed by atoms with Gasteiger partial charge in [-0.1, -0.05) is 36.4 Å². The van der Waals surface area contributed by atoms with E-state index in [9.17, 15) is 18.0 Å². The number of alkyl halides is 3. The third-order valence-corrected chi connectivity index (χ3v) is 7.12. The molecule has 5 rings (SSSR count). The molecule has 0 aliphatic heterocycles. The summed E-state index contributed by atoms with van der Waals surface area (Å²) in [6.07, 6.45) is 0.882. The Bertz CT molecular complexity index is 1510. The third-order valence-electron chi connectivity index (χ3n) is 6.14. The fraction of sp³-hybridized carbons (Fsp3) is 0.214. The van der Waals surface area contributed by atoms with Crippen molar-refractivity contribution in [2.45, 2.75) is 36.6 Å². The summed E-state index contributed by atoms with van der Waals surface area (Å²) in [7, 11) is 1.54. The van der Waals surface area contributed by atoms with E-state index in [0.717, 1.165) is 45.5 Å². The Balaban J connectivity index is 1.48. The molecule has 0 radical (unpaired) electrons. The number of aromatic nitrogens is 2. The van der Waals surface area contributed by atoms with Crippen LogP contribution in [0.2, 0.25) is 0 Å². The van der Waals surface area contributed by atoms with Crippen LogP contribution < -0.4 is 14.5 Å². The van der Waals surface area contributed by atoms with Crippen molar-refractivity contribution in [1.29, 1.82) is 0 Å². The lowest BCUT2D eigenvalue weighted by atomic mass is 10.0. The van der Waals surface area contributed by atoms with Gasteiger partial charge in [-0.3, -0.25) is 19.1 Å². The van der Waals surface area contributed by atoms with E-state index in [1.54, 1.807) is 31.4 Å². The van der Waals surface area contributed by atoms with Crippen molar-refractivity contribution in [1.82, 2.24) is 15.4 Å². The maximum absolute atomic E-state index is 12.6. The number of rotatable bonds is 10. The van der Waals surface area contributed by atoms with E-state index in [1.807, 2.05) is 34.8 Å². The molecule has 1 N–H and O–H groups in total. The number of halogens is 3. The van der Waals surface area contributed by atoms with Gasteiger partial charge in [-0.25, -0.2) is 4.98 Å². The van der Waals surface area contributed by atoms with Crippen molar-refractivity contribution >= 4 is 40.8 Å². The van der Waals surface area contributed by atoms with E-state index in [-0.39, 0.29) is 18.1 Å². The molecule has 2 heterocycles. The summed E-state index contributed by atoms with van der Waals surface area (Å²) in [4.78, 5) is 29.2. The Kier molecular flexibility index (Phi) is 8.06. The number of carbonyl (C=O) groups is 1. The monoisotopic (exact) mass is 567 g/mol. The third kappa shape index (κ3) is 6.63. The van der Waals surface area contributed by atoms with E-state index < -0.39 is 6.36 Å². The van der Waals surface area contributed by atoms with E-state index in [4.69, 9.17) is 4.98 Å². The number of benzene rings is 2. The number of nitrogens with one attached hydrogen (secondary N) is 1. The standard InChI is InChI=1S/C28H24F3N5O3S/c1-32-26(35-38-17-37)24-13-12-22(15-33-24)40-36(16-18-6-10-21(11-7-18)39-28(29,30)31)27-25(19-8-9-19)23-5-3-2-4-20(23)14-34-27/h2-7,10-15,17,19H,8-9,16H2,1H3,(H,32,35). The highest BCUT2D eigenvalue weighted by atomic mass is 32.2. The summed E-state index contributed by atoms with van der Waals surface area (Å²) in [5.74, 6) is 1.18. The van der Waals surface area contributed by atoms with Crippen LogP contribution in [0.25, 0.3) is 10.8 Å². The SMILES string of the molecule is CN=C(NOC=O)c1ccc(SN(Cc2ccc(OC(F)(F)F)cc2)c2ncc3ccccc3c2C2CC2)cn1. The summed E-state index contributed by atoms with van der Waals surface area (Å²) < 4.78 is 44.0. The number of anilines is 1. The summed E-state index contributed by atoms with van der Waals surface area (Å²) in [5.41, 5.74) is 4.84. The number of carbonyl (C=O) groups excluding carboxylic acids is 1. The van der Waals surface area contributed by atoms with Gasteiger partial charge in [0.15, 0.2) is 5.84 Å². The molecule has 0 saturated heterocycles. The second-order valence-electron chi connectivity index (χ2n) is 8.94. The minimum Gasteiger partial charge on any atom is -0.406 e. The molecular weight excluding hydrogens is 543 g/mol. The molecular formula is C28H24F3N5O3S.